The zero-order chi connectivity index (χ0) is 18.6. The standard InChI is InChI=1S/C19H23NO5/c1-12-16(10-25-11-21)18(14-6-8-15(23-4)9-7-14)17(19(22)24-5)13(2)20(12)3/h6-9,11,18H,10H2,1-5H3. The number of hydrogen-bond acceptors (Lipinski definition) is 6. The second kappa shape index (κ2) is 7.88. The summed E-state index contributed by atoms with van der Waals surface area (Å²) in [6, 6.07) is 7.48. The van der Waals surface area contributed by atoms with Crippen LogP contribution in [0.15, 0.2) is 46.8 Å². The average molecular weight is 345 g/mol. The van der Waals surface area contributed by atoms with E-state index >= 15 is 0 Å². The molecule has 1 aromatic carbocycles. The van der Waals surface area contributed by atoms with E-state index in [2.05, 4.69) is 0 Å². The molecule has 0 radical (unpaired) electrons. The van der Waals surface area contributed by atoms with Gasteiger partial charge in [-0.1, -0.05) is 12.1 Å². The first kappa shape index (κ1) is 18.6. The van der Waals surface area contributed by atoms with E-state index in [1.807, 2.05) is 50.1 Å². The van der Waals surface area contributed by atoms with Crippen LogP contribution in [0, 0.1) is 0 Å². The van der Waals surface area contributed by atoms with Gasteiger partial charge in [-0.3, -0.25) is 4.79 Å². The zero-order valence-electron chi connectivity index (χ0n) is 15.2. The third-order valence-corrected chi connectivity index (χ3v) is 4.66. The fraction of sp³-hybridized carbons (Fsp3) is 0.368. The van der Waals surface area contributed by atoms with Crippen molar-refractivity contribution in [3.63, 3.8) is 0 Å². The molecule has 0 bridgehead atoms. The lowest BCUT2D eigenvalue weighted by Crippen LogP contribution is -2.31. The number of carbonyl (C=O) groups is 2. The van der Waals surface area contributed by atoms with Gasteiger partial charge in [-0.2, -0.15) is 0 Å². The van der Waals surface area contributed by atoms with Gasteiger partial charge in [0.15, 0.2) is 0 Å². The van der Waals surface area contributed by atoms with E-state index in [9.17, 15) is 9.59 Å². The Labute approximate surface area is 147 Å². The summed E-state index contributed by atoms with van der Waals surface area (Å²) in [4.78, 5) is 25.1. The fourth-order valence-corrected chi connectivity index (χ4v) is 3.09. The molecular weight excluding hydrogens is 322 g/mol. The van der Waals surface area contributed by atoms with Crippen LogP contribution >= 0.6 is 0 Å². The van der Waals surface area contributed by atoms with Crippen LogP contribution in [0.4, 0.5) is 0 Å². The zero-order valence-corrected chi connectivity index (χ0v) is 15.2. The first-order valence-electron chi connectivity index (χ1n) is 7.87. The molecule has 0 spiro atoms. The molecule has 0 fully saturated rings. The smallest absolute Gasteiger partial charge is 0.336 e. The molecule has 0 aliphatic carbocycles. The first-order chi connectivity index (χ1) is 12.0. The highest BCUT2D eigenvalue weighted by atomic mass is 16.5. The lowest BCUT2D eigenvalue weighted by molar-refractivity contribution is -0.136. The number of benzene rings is 1. The summed E-state index contributed by atoms with van der Waals surface area (Å²) in [5.41, 5.74) is 4.02. The molecule has 1 atom stereocenters. The second-order valence-corrected chi connectivity index (χ2v) is 5.77. The summed E-state index contributed by atoms with van der Waals surface area (Å²) < 4.78 is 15.2. The molecule has 0 saturated carbocycles. The minimum atomic E-state index is -0.402. The van der Waals surface area contributed by atoms with Crippen molar-refractivity contribution in [2.24, 2.45) is 0 Å². The van der Waals surface area contributed by atoms with Crippen LogP contribution in [0.3, 0.4) is 0 Å². The van der Waals surface area contributed by atoms with Gasteiger partial charge in [0.2, 0.25) is 0 Å². The topological polar surface area (TPSA) is 65.1 Å². The minimum absolute atomic E-state index is 0.101. The van der Waals surface area contributed by atoms with Crippen molar-refractivity contribution in [2.45, 2.75) is 19.8 Å². The van der Waals surface area contributed by atoms with Crippen LogP contribution < -0.4 is 4.74 Å². The molecule has 0 N–H and O–H groups in total. The predicted molar refractivity (Wildman–Crippen MR) is 92.9 cm³/mol. The Hall–Kier alpha value is -2.76. The highest BCUT2D eigenvalue weighted by Gasteiger charge is 2.35. The Kier molecular flexibility index (Phi) is 5.85. The van der Waals surface area contributed by atoms with Gasteiger partial charge in [-0.05, 0) is 37.1 Å². The molecule has 134 valence electrons. The number of nitrogens with zero attached hydrogens (tertiary/aromatic N) is 1. The number of ether oxygens (including phenoxy) is 3. The van der Waals surface area contributed by atoms with Crippen molar-refractivity contribution in [3.8, 4) is 5.75 Å². The van der Waals surface area contributed by atoms with Crippen LogP contribution in [-0.2, 0) is 19.1 Å². The van der Waals surface area contributed by atoms with Crippen molar-refractivity contribution in [2.75, 3.05) is 27.9 Å². The normalized spacial score (nSPS) is 17.5. The van der Waals surface area contributed by atoms with Crippen molar-refractivity contribution in [3.05, 3.63) is 52.4 Å². The Balaban J connectivity index is 2.62. The molecule has 1 aromatic rings. The van der Waals surface area contributed by atoms with Crippen molar-refractivity contribution in [1.29, 1.82) is 0 Å². The molecule has 1 aliphatic rings. The highest BCUT2D eigenvalue weighted by Crippen LogP contribution is 2.42. The van der Waals surface area contributed by atoms with Crippen LogP contribution in [0.2, 0.25) is 0 Å². The van der Waals surface area contributed by atoms with Crippen LogP contribution in [0.1, 0.15) is 25.3 Å². The summed E-state index contributed by atoms with van der Waals surface area (Å²) in [5, 5.41) is 0. The number of hydrogen-bond donors (Lipinski definition) is 0. The maximum absolute atomic E-state index is 12.5. The van der Waals surface area contributed by atoms with Gasteiger partial charge in [0, 0.05) is 24.4 Å². The maximum Gasteiger partial charge on any atom is 0.336 e. The third kappa shape index (κ3) is 3.52. The molecule has 0 aromatic heterocycles. The van der Waals surface area contributed by atoms with Crippen LogP contribution in [0.25, 0.3) is 0 Å². The van der Waals surface area contributed by atoms with E-state index in [1.165, 1.54) is 7.11 Å². The van der Waals surface area contributed by atoms with E-state index in [-0.39, 0.29) is 12.5 Å². The van der Waals surface area contributed by atoms with Gasteiger partial charge in [0.1, 0.15) is 12.4 Å². The molecule has 0 saturated heterocycles. The predicted octanol–water partition coefficient (Wildman–Crippen LogP) is 2.62. The Morgan fingerprint density at radius 2 is 1.80 bits per heavy atom. The lowest BCUT2D eigenvalue weighted by Gasteiger charge is -2.36. The molecule has 2 rings (SSSR count). The number of rotatable bonds is 6. The quantitative estimate of drug-likeness (QED) is 0.583. The average Bonchev–Trinajstić information content (AvgIpc) is 2.64. The number of allylic oxidation sites excluding steroid dienone is 2. The van der Waals surface area contributed by atoms with Crippen molar-refractivity contribution in [1.82, 2.24) is 4.90 Å². The molecular formula is C19H23NO5. The van der Waals surface area contributed by atoms with E-state index in [0.29, 0.717) is 12.0 Å². The van der Waals surface area contributed by atoms with Crippen molar-refractivity contribution < 1.29 is 23.8 Å². The molecule has 6 heteroatoms. The molecule has 6 nitrogen and oxygen atoms in total. The van der Waals surface area contributed by atoms with Gasteiger partial charge < -0.3 is 19.1 Å². The Morgan fingerprint density at radius 3 is 2.32 bits per heavy atom. The number of carbonyl (C=O) groups excluding carboxylic acids is 2. The summed E-state index contributed by atoms with van der Waals surface area (Å²) in [5.74, 6) is -0.0285. The van der Waals surface area contributed by atoms with E-state index < -0.39 is 5.97 Å². The summed E-state index contributed by atoms with van der Waals surface area (Å²) in [6.07, 6.45) is 0. The largest absolute Gasteiger partial charge is 0.497 e. The third-order valence-electron chi connectivity index (χ3n) is 4.66. The van der Waals surface area contributed by atoms with Gasteiger partial charge in [0.05, 0.1) is 19.8 Å². The van der Waals surface area contributed by atoms with E-state index in [1.54, 1.807) is 7.11 Å². The minimum Gasteiger partial charge on any atom is -0.497 e. The van der Waals surface area contributed by atoms with E-state index in [0.717, 1.165) is 28.3 Å². The lowest BCUT2D eigenvalue weighted by atomic mass is 9.80. The summed E-state index contributed by atoms with van der Waals surface area (Å²) in [6.45, 7) is 4.33. The van der Waals surface area contributed by atoms with Gasteiger partial charge >= 0.3 is 5.97 Å². The SMILES string of the molecule is COC(=O)C1=C(C)N(C)C(C)=C(COC=O)C1c1ccc(OC)cc1. The van der Waals surface area contributed by atoms with Gasteiger partial charge in [-0.15, -0.1) is 0 Å². The number of methoxy groups -OCH3 is 2. The van der Waals surface area contributed by atoms with Crippen LogP contribution in [-0.4, -0.2) is 45.2 Å². The van der Waals surface area contributed by atoms with Gasteiger partial charge in [0.25, 0.3) is 6.47 Å². The molecule has 1 heterocycles. The maximum atomic E-state index is 12.5. The number of esters is 1. The Morgan fingerprint density at radius 1 is 1.16 bits per heavy atom. The molecule has 1 aliphatic heterocycles. The Bertz CT molecular complexity index is 718. The van der Waals surface area contributed by atoms with Crippen LogP contribution in [0.5, 0.6) is 5.75 Å². The molecule has 1 unspecified atom stereocenters. The van der Waals surface area contributed by atoms with Gasteiger partial charge in [-0.25, -0.2) is 4.79 Å². The molecule has 0 amide bonds. The monoisotopic (exact) mass is 345 g/mol. The van der Waals surface area contributed by atoms with Crippen molar-refractivity contribution >= 4 is 12.4 Å². The summed E-state index contributed by atoms with van der Waals surface area (Å²) in [7, 11) is 4.83. The highest BCUT2D eigenvalue weighted by molar-refractivity contribution is 5.92. The van der Waals surface area contributed by atoms with E-state index in [4.69, 9.17) is 14.2 Å². The first-order valence-corrected chi connectivity index (χ1v) is 7.87. The second-order valence-electron chi connectivity index (χ2n) is 5.77. The fourth-order valence-electron chi connectivity index (χ4n) is 3.09. The summed E-state index contributed by atoms with van der Waals surface area (Å²) >= 11 is 0. The molecule has 25 heavy (non-hydrogen) atoms.